The number of hydrogen-bond acceptors (Lipinski definition) is 2. The minimum absolute atomic E-state index is 0.927. The van der Waals surface area contributed by atoms with Crippen LogP contribution in [-0.2, 0) is 0 Å². The maximum Gasteiger partial charge on any atom is 0.151 e. The van der Waals surface area contributed by atoms with Crippen LogP contribution in [0.4, 0.5) is 11.4 Å². The summed E-state index contributed by atoms with van der Waals surface area (Å²) in [6, 6.07) is 12.6. The highest BCUT2D eigenvalue weighted by Gasteiger charge is 2.21. The molecule has 0 aliphatic carbocycles. The summed E-state index contributed by atoms with van der Waals surface area (Å²) in [5, 5.41) is 0. The Morgan fingerprint density at radius 3 is 2.35 bits per heavy atom. The Kier molecular flexibility index (Phi) is 2.11. The van der Waals surface area contributed by atoms with E-state index in [4.69, 9.17) is 4.74 Å². The molecule has 3 rings (SSSR count). The topological polar surface area (TPSA) is 12.5 Å². The van der Waals surface area contributed by atoms with Gasteiger partial charge in [-0.15, -0.1) is 0 Å². The van der Waals surface area contributed by atoms with Crippen LogP contribution in [-0.4, -0.2) is 7.05 Å². The second-order valence-electron chi connectivity index (χ2n) is 4.60. The molecule has 0 N–H and O–H groups in total. The number of rotatable bonds is 0. The quantitative estimate of drug-likeness (QED) is 0.667. The first-order chi connectivity index (χ1) is 8.15. The normalized spacial score (nSPS) is 12.8. The first kappa shape index (κ1) is 10.2. The van der Waals surface area contributed by atoms with Crippen molar-refractivity contribution in [2.75, 3.05) is 11.9 Å². The van der Waals surface area contributed by atoms with Gasteiger partial charge in [-0.2, -0.15) is 0 Å². The van der Waals surface area contributed by atoms with Gasteiger partial charge in [0.15, 0.2) is 11.5 Å². The first-order valence-electron chi connectivity index (χ1n) is 5.78. The van der Waals surface area contributed by atoms with Gasteiger partial charge in [0.2, 0.25) is 0 Å². The number of fused-ring (bicyclic) bond motifs is 2. The molecule has 2 heteroatoms. The predicted molar refractivity (Wildman–Crippen MR) is 70.5 cm³/mol. The largest absolute Gasteiger partial charge is 0.453 e. The van der Waals surface area contributed by atoms with Gasteiger partial charge < -0.3 is 9.64 Å². The maximum atomic E-state index is 5.94. The predicted octanol–water partition coefficient (Wildman–Crippen LogP) is 4.18. The third kappa shape index (κ3) is 1.57. The lowest BCUT2D eigenvalue weighted by Crippen LogP contribution is -2.15. The van der Waals surface area contributed by atoms with Gasteiger partial charge in [0.05, 0.1) is 11.4 Å². The highest BCUT2D eigenvalue weighted by Crippen LogP contribution is 2.46. The van der Waals surface area contributed by atoms with Crippen LogP contribution < -0.4 is 9.64 Å². The summed E-state index contributed by atoms with van der Waals surface area (Å²) in [5.74, 6) is 1.86. The fourth-order valence-electron chi connectivity index (χ4n) is 2.20. The van der Waals surface area contributed by atoms with Gasteiger partial charge in [0.25, 0.3) is 0 Å². The number of nitrogens with zero attached hydrogens (tertiary/aromatic N) is 1. The zero-order chi connectivity index (χ0) is 12.0. The average Bonchev–Trinajstić information content (AvgIpc) is 2.30. The SMILES string of the molecule is Cc1ccc2c(c1)Oc1ccc(C)cc1N2C. The van der Waals surface area contributed by atoms with Crippen molar-refractivity contribution in [1.29, 1.82) is 0 Å². The Bertz CT molecular complexity index is 589. The van der Waals surface area contributed by atoms with Crippen molar-refractivity contribution in [3.8, 4) is 11.5 Å². The molecule has 0 unspecified atom stereocenters. The third-order valence-corrected chi connectivity index (χ3v) is 3.17. The molecule has 1 aliphatic rings. The van der Waals surface area contributed by atoms with E-state index in [0.717, 1.165) is 22.9 Å². The minimum Gasteiger partial charge on any atom is -0.453 e. The van der Waals surface area contributed by atoms with Gasteiger partial charge in [0.1, 0.15) is 0 Å². The summed E-state index contributed by atoms with van der Waals surface area (Å²) in [7, 11) is 2.08. The van der Waals surface area contributed by atoms with Crippen LogP contribution in [0.15, 0.2) is 36.4 Å². The standard InChI is InChI=1S/C15H15NO/c1-10-5-7-14-13(8-10)16(3)12-6-4-11(2)9-15(12)17-14/h4-9H,1-3H3. The van der Waals surface area contributed by atoms with Gasteiger partial charge in [0, 0.05) is 7.05 Å². The van der Waals surface area contributed by atoms with Crippen LogP contribution in [0.1, 0.15) is 11.1 Å². The Balaban J connectivity index is 2.17. The minimum atomic E-state index is 0.927. The molecule has 0 spiro atoms. The van der Waals surface area contributed by atoms with Crippen LogP contribution in [0.25, 0.3) is 0 Å². The zero-order valence-electron chi connectivity index (χ0n) is 10.3. The lowest BCUT2D eigenvalue weighted by atomic mass is 10.1. The van der Waals surface area contributed by atoms with E-state index >= 15 is 0 Å². The fourth-order valence-corrected chi connectivity index (χ4v) is 2.20. The Hall–Kier alpha value is -1.96. The van der Waals surface area contributed by atoms with E-state index in [2.05, 4.69) is 56.1 Å². The average molecular weight is 225 g/mol. The molecule has 0 bridgehead atoms. The van der Waals surface area contributed by atoms with Crippen LogP contribution in [0, 0.1) is 13.8 Å². The molecule has 2 nitrogen and oxygen atoms in total. The first-order valence-corrected chi connectivity index (χ1v) is 5.78. The third-order valence-electron chi connectivity index (χ3n) is 3.17. The number of anilines is 2. The lowest BCUT2D eigenvalue weighted by molar-refractivity contribution is 0.475. The summed E-state index contributed by atoms with van der Waals surface area (Å²) in [4.78, 5) is 2.18. The van der Waals surface area contributed by atoms with Crippen molar-refractivity contribution in [3.63, 3.8) is 0 Å². The van der Waals surface area contributed by atoms with Crippen LogP contribution >= 0.6 is 0 Å². The number of hydrogen-bond donors (Lipinski definition) is 0. The molecule has 0 aromatic heterocycles. The number of aryl methyl sites for hydroxylation is 2. The molecule has 17 heavy (non-hydrogen) atoms. The van der Waals surface area contributed by atoms with E-state index < -0.39 is 0 Å². The highest BCUT2D eigenvalue weighted by molar-refractivity contribution is 5.77. The fraction of sp³-hybridized carbons (Fsp3) is 0.200. The molecule has 86 valence electrons. The maximum absolute atomic E-state index is 5.94. The lowest BCUT2D eigenvalue weighted by Gasteiger charge is -2.30. The van der Waals surface area contributed by atoms with Gasteiger partial charge >= 0.3 is 0 Å². The Labute approximate surface area is 101 Å². The van der Waals surface area contributed by atoms with Crippen molar-refractivity contribution >= 4 is 11.4 Å². The Morgan fingerprint density at radius 1 is 0.824 bits per heavy atom. The molecule has 0 saturated carbocycles. The molecule has 0 fully saturated rings. The molecule has 0 radical (unpaired) electrons. The summed E-state index contributed by atoms with van der Waals surface area (Å²) in [6.45, 7) is 4.17. The second-order valence-corrected chi connectivity index (χ2v) is 4.60. The van der Waals surface area contributed by atoms with Gasteiger partial charge in [-0.25, -0.2) is 0 Å². The number of ether oxygens (including phenoxy) is 1. The molecule has 1 aliphatic heterocycles. The summed E-state index contributed by atoms with van der Waals surface area (Å²) in [6.07, 6.45) is 0. The van der Waals surface area contributed by atoms with Crippen molar-refractivity contribution < 1.29 is 4.74 Å². The van der Waals surface area contributed by atoms with Crippen molar-refractivity contribution in [2.45, 2.75) is 13.8 Å². The molecule has 0 atom stereocenters. The van der Waals surface area contributed by atoms with E-state index in [1.807, 2.05) is 6.07 Å². The van der Waals surface area contributed by atoms with Crippen LogP contribution in [0.5, 0.6) is 11.5 Å². The van der Waals surface area contributed by atoms with Crippen LogP contribution in [0.2, 0.25) is 0 Å². The Morgan fingerprint density at radius 2 is 1.53 bits per heavy atom. The van der Waals surface area contributed by atoms with Gasteiger partial charge in [-0.1, -0.05) is 12.1 Å². The smallest absolute Gasteiger partial charge is 0.151 e. The summed E-state index contributed by atoms with van der Waals surface area (Å²) in [5.41, 5.74) is 4.71. The van der Waals surface area contributed by atoms with E-state index in [-0.39, 0.29) is 0 Å². The van der Waals surface area contributed by atoms with Gasteiger partial charge in [-0.3, -0.25) is 0 Å². The van der Waals surface area contributed by atoms with Crippen molar-refractivity contribution in [3.05, 3.63) is 47.5 Å². The number of benzene rings is 2. The second kappa shape index (κ2) is 3.52. The van der Waals surface area contributed by atoms with Crippen LogP contribution in [0.3, 0.4) is 0 Å². The van der Waals surface area contributed by atoms with Crippen molar-refractivity contribution in [2.24, 2.45) is 0 Å². The van der Waals surface area contributed by atoms with Crippen molar-refractivity contribution in [1.82, 2.24) is 0 Å². The highest BCUT2D eigenvalue weighted by atomic mass is 16.5. The van der Waals surface area contributed by atoms with Gasteiger partial charge in [-0.05, 0) is 49.2 Å². The van der Waals surface area contributed by atoms with E-state index in [9.17, 15) is 0 Å². The summed E-state index contributed by atoms with van der Waals surface area (Å²) >= 11 is 0. The molecule has 0 saturated heterocycles. The molecule has 2 aromatic carbocycles. The molecule has 2 aromatic rings. The molecular formula is C15H15NO. The summed E-state index contributed by atoms with van der Waals surface area (Å²) < 4.78 is 5.94. The van der Waals surface area contributed by atoms with E-state index in [0.29, 0.717) is 0 Å². The van der Waals surface area contributed by atoms with E-state index in [1.54, 1.807) is 0 Å². The zero-order valence-corrected chi connectivity index (χ0v) is 10.3. The van der Waals surface area contributed by atoms with E-state index in [1.165, 1.54) is 11.1 Å². The molecular weight excluding hydrogens is 210 g/mol. The molecule has 1 heterocycles. The monoisotopic (exact) mass is 225 g/mol. The molecule has 0 amide bonds.